The molecule has 0 aliphatic carbocycles. The first kappa shape index (κ1) is 24.6. The molecule has 0 amide bonds. The molecule has 0 aliphatic rings. The van der Waals surface area contributed by atoms with Gasteiger partial charge in [-0.3, -0.25) is 4.57 Å². The van der Waals surface area contributed by atoms with E-state index < -0.39 is 17.5 Å². The van der Waals surface area contributed by atoms with E-state index in [9.17, 15) is 9.90 Å². The van der Waals surface area contributed by atoms with E-state index in [1.807, 2.05) is 0 Å². The average molecular weight is 302 g/mol. The van der Waals surface area contributed by atoms with Gasteiger partial charge in [0, 0.05) is 25.9 Å². The summed E-state index contributed by atoms with van der Waals surface area (Å²) in [4.78, 5) is 27.2. The molecule has 0 unspecified atom stereocenters. The summed E-state index contributed by atoms with van der Waals surface area (Å²) in [5.74, 6) is -1.61. The van der Waals surface area contributed by atoms with Gasteiger partial charge in [-0.15, -0.1) is 0 Å². The molecule has 20 heavy (non-hydrogen) atoms. The normalized spacial score (nSPS) is 8.35. The van der Waals surface area contributed by atoms with Gasteiger partial charge in [0.2, 0.25) is 0 Å². The van der Waals surface area contributed by atoms with Gasteiger partial charge in [0.15, 0.2) is 5.65 Å². The summed E-state index contributed by atoms with van der Waals surface area (Å²) in [5.41, 5.74) is 0.144. The summed E-state index contributed by atoms with van der Waals surface area (Å²) in [6, 6.07) is 0. The van der Waals surface area contributed by atoms with Crippen molar-refractivity contribution in [3.63, 3.8) is 0 Å². The van der Waals surface area contributed by atoms with Gasteiger partial charge in [0.25, 0.3) is 0 Å². The van der Waals surface area contributed by atoms with E-state index in [1.54, 1.807) is 11.6 Å². The molecule has 2 N–H and O–H groups in total. The monoisotopic (exact) mass is 302 g/mol. The van der Waals surface area contributed by atoms with Crippen molar-refractivity contribution in [3.05, 3.63) is 16.8 Å². The standard InChI is InChI=1S/C7H8N4O2.C2H4O2.2Na.H2O/c1-10-3-8-5-4(10)6(12)9-7(13)11(5)2;1-2(3)4;;;/h3H,1-2H3,(H,9,12,13);1H3,(H,3,4);;;1H2/q;;2*+1;/p-2. The molecule has 0 saturated carbocycles. The zero-order chi connectivity index (χ0) is 13.2. The third-order valence-corrected chi connectivity index (χ3v) is 1.92. The Balaban J connectivity index is -0.000000372. The number of rotatable bonds is 0. The van der Waals surface area contributed by atoms with Crippen molar-refractivity contribution in [3.8, 4) is 5.88 Å². The topological polar surface area (TPSA) is 147 Å². The molecule has 2 aromatic heterocycles. The van der Waals surface area contributed by atoms with Crippen LogP contribution in [-0.4, -0.2) is 30.5 Å². The molecule has 9 nitrogen and oxygen atoms in total. The van der Waals surface area contributed by atoms with E-state index in [0.717, 1.165) is 6.92 Å². The van der Waals surface area contributed by atoms with Crippen LogP contribution in [0.25, 0.3) is 11.2 Å². The van der Waals surface area contributed by atoms with Gasteiger partial charge in [-0.25, -0.2) is 14.8 Å². The second-order valence-corrected chi connectivity index (χ2v) is 3.28. The summed E-state index contributed by atoms with van der Waals surface area (Å²) in [5, 5.41) is 20.1. The molecule has 2 heterocycles. The van der Waals surface area contributed by atoms with Crippen LogP contribution < -0.4 is 75.0 Å². The Morgan fingerprint density at radius 2 is 1.75 bits per heavy atom. The molecule has 0 saturated heterocycles. The van der Waals surface area contributed by atoms with E-state index in [1.165, 1.54) is 17.9 Å². The minimum absolute atomic E-state index is 0. The molecule has 0 fully saturated rings. The van der Waals surface area contributed by atoms with Crippen molar-refractivity contribution < 1.29 is 79.6 Å². The van der Waals surface area contributed by atoms with Crippen molar-refractivity contribution in [2.45, 2.75) is 6.92 Å². The minimum atomic E-state index is -1.08. The average Bonchev–Trinajstić information content (AvgIpc) is 2.56. The van der Waals surface area contributed by atoms with Crippen molar-refractivity contribution >= 4 is 17.1 Å². The Bertz CT molecular complexity index is 621. The fourth-order valence-electron chi connectivity index (χ4n) is 1.22. The molecule has 2 aromatic rings. The predicted molar refractivity (Wildman–Crippen MR) is 57.5 cm³/mol. The Kier molecular flexibility index (Phi) is 12.7. The van der Waals surface area contributed by atoms with Crippen molar-refractivity contribution in [2.24, 2.45) is 14.1 Å². The van der Waals surface area contributed by atoms with Gasteiger partial charge in [0.05, 0.1) is 11.8 Å². The summed E-state index contributed by atoms with van der Waals surface area (Å²) in [7, 11) is 3.22. The molecule has 0 bridgehead atoms. The zero-order valence-corrected chi connectivity index (χ0v) is 16.0. The molecule has 0 atom stereocenters. The smallest absolute Gasteiger partial charge is 0.857 e. The van der Waals surface area contributed by atoms with Crippen LogP contribution in [0, 0.1) is 0 Å². The summed E-state index contributed by atoms with van der Waals surface area (Å²) < 4.78 is 2.79. The van der Waals surface area contributed by atoms with Gasteiger partial charge in [-0.1, -0.05) is 0 Å². The summed E-state index contributed by atoms with van der Waals surface area (Å²) >= 11 is 0. The third-order valence-electron chi connectivity index (χ3n) is 1.92. The van der Waals surface area contributed by atoms with Crippen LogP contribution in [0.5, 0.6) is 5.88 Å². The summed E-state index contributed by atoms with van der Waals surface area (Å²) in [6.45, 7) is 0.972. The maximum absolute atomic E-state index is 11.2. The second kappa shape index (κ2) is 10.3. The first-order valence-electron chi connectivity index (χ1n) is 4.57. The number of carbonyl (C=O) groups excluding carboxylic acids is 1. The number of imidazole rings is 1. The maximum Gasteiger partial charge on any atom is 1.00 e. The molecule has 100 valence electrons. The molecule has 11 heteroatoms. The molecule has 0 aliphatic heterocycles. The largest absolute Gasteiger partial charge is 1.00 e. The molecular weight excluding hydrogens is 290 g/mol. The van der Waals surface area contributed by atoms with Crippen LogP contribution in [-0.2, 0) is 18.9 Å². The number of carboxylic acids is 1. The first-order valence-corrected chi connectivity index (χ1v) is 4.57. The SMILES string of the molecule is CC(=O)[O-].Cn1cnc2c1c([O-])nc(=O)n2C.O.[Na+].[Na+]. The minimum Gasteiger partial charge on any atom is -0.857 e. The van der Waals surface area contributed by atoms with Crippen molar-refractivity contribution in [2.75, 3.05) is 0 Å². The van der Waals surface area contributed by atoms with Crippen LogP contribution in [0.15, 0.2) is 11.1 Å². The van der Waals surface area contributed by atoms with E-state index in [2.05, 4.69) is 9.97 Å². The van der Waals surface area contributed by atoms with Gasteiger partial charge in [-0.05, 0) is 6.92 Å². The number of aromatic nitrogens is 4. The number of carboxylic acid groups (broad SMARTS) is 1. The molecule has 2 rings (SSSR count). The number of carbonyl (C=O) groups is 1. The number of hydrogen-bond acceptors (Lipinski definition) is 6. The van der Waals surface area contributed by atoms with E-state index in [-0.39, 0.29) is 64.6 Å². The molecule has 0 spiro atoms. The van der Waals surface area contributed by atoms with Gasteiger partial charge in [0.1, 0.15) is 0 Å². The van der Waals surface area contributed by atoms with Gasteiger partial charge >= 0.3 is 64.8 Å². The number of fused-ring (bicyclic) bond motifs is 1. The Hall–Kier alpha value is -0.420. The zero-order valence-electron chi connectivity index (χ0n) is 12.0. The van der Waals surface area contributed by atoms with Gasteiger partial charge in [-0.2, -0.15) is 0 Å². The van der Waals surface area contributed by atoms with Crippen molar-refractivity contribution in [1.82, 2.24) is 19.1 Å². The van der Waals surface area contributed by atoms with E-state index in [0.29, 0.717) is 11.2 Å². The number of hydrogen-bond donors (Lipinski definition) is 0. The van der Waals surface area contributed by atoms with Crippen LogP contribution in [0.1, 0.15) is 6.92 Å². The Morgan fingerprint density at radius 3 is 2.20 bits per heavy atom. The fraction of sp³-hybridized carbons (Fsp3) is 0.333. The van der Waals surface area contributed by atoms with E-state index in [4.69, 9.17) is 9.90 Å². The number of aryl methyl sites for hydroxylation is 2. The van der Waals surface area contributed by atoms with Crippen molar-refractivity contribution in [1.29, 1.82) is 0 Å². The number of nitrogens with zero attached hydrogens (tertiary/aromatic N) is 4. The Morgan fingerprint density at radius 1 is 1.30 bits per heavy atom. The second-order valence-electron chi connectivity index (χ2n) is 3.28. The molecular formula is C9H12N4Na2O5. The first-order chi connectivity index (χ1) is 7.84. The Labute approximate surface area is 158 Å². The summed E-state index contributed by atoms with van der Waals surface area (Å²) in [6.07, 6.45) is 1.48. The van der Waals surface area contributed by atoms with Crippen LogP contribution >= 0.6 is 0 Å². The van der Waals surface area contributed by atoms with E-state index >= 15 is 0 Å². The van der Waals surface area contributed by atoms with Crippen LogP contribution in [0.2, 0.25) is 0 Å². The predicted octanol–water partition coefficient (Wildman–Crippen LogP) is -9.32. The molecule has 0 aromatic carbocycles. The third kappa shape index (κ3) is 5.92. The number of aliphatic carboxylic acids is 1. The maximum atomic E-state index is 11.2. The van der Waals surface area contributed by atoms with Gasteiger partial charge < -0.3 is 25.1 Å². The molecule has 0 radical (unpaired) electrons. The quantitative estimate of drug-likeness (QED) is 0.441. The fourth-order valence-corrected chi connectivity index (χ4v) is 1.22. The van der Waals surface area contributed by atoms with Crippen LogP contribution in [0.3, 0.4) is 0 Å². The van der Waals surface area contributed by atoms with Crippen LogP contribution in [0.4, 0.5) is 0 Å².